The molecule has 0 radical (unpaired) electrons. The van der Waals surface area contributed by atoms with Gasteiger partial charge in [-0.15, -0.1) is 0 Å². The number of benzene rings is 1. The first-order valence-corrected chi connectivity index (χ1v) is 11.8. The molecule has 1 amide bonds. The van der Waals surface area contributed by atoms with Crippen LogP contribution >= 0.6 is 0 Å². The lowest BCUT2D eigenvalue weighted by Crippen LogP contribution is -2.46. The first-order chi connectivity index (χ1) is 15.1. The number of hydrogen-bond donors (Lipinski definition) is 1. The highest BCUT2D eigenvalue weighted by Crippen LogP contribution is 2.30. The van der Waals surface area contributed by atoms with E-state index in [1.807, 2.05) is 0 Å². The summed E-state index contributed by atoms with van der Waals surface area (Å²) in [4.78, 5) is 26.8. The van der Waals surface area contributed by atoms with Gasteiger partial charge in [-0.1, -0.05) is 11.8 Å². The number of cyclic esters (lactones) is 1. The Morgan fingerprint density at radius 2 is 1.94 bits per heavy atom. The van der Waals surface area contributed by atoms with Crippen molar-refractivity contribution in [3.05, 3.63) is 42.2 Å². The van der Waals surface area contributed by atoms with E-state index in [9.17, 15) is 23.1 Å². The van der Waals surface area contributed by atoms with Gasteiger partial charge in [0.1, 0.15) is 6.10 Å². The van der Waals surface area contributed by atoms with E-state index in [4.69, 9.17) is 4.74 Å². The Hall–Kier alpha value is -3.39. The number of anilines is 1. The number of unbranched alkanes of at least 4 members (excludes halogenated alkanes) is 1. The molecule has 11 heteroatoms. The number of aliphatic carboxylic acids is 1. The lowest BCUT2D eigenvalue weighted by atomic mass is 10.0. The zero-order valence-electron chi connectivity index (χ0n) is 17.8. The molecule has 32 heavy (non-hydrogen) atoms. The van der Waals surface area contributed by atoms with E-state index in [1.54, 1.807) is 41.5 Å². The Kier molecular flexibility index (Phi) is 6.84. The minimum atomic E-state index is -3.92. The highest BCUT2D eigenvalue weighted by molar-refractivity contribution is 7.92. The van der Waals surface area contributed by atoms with Crippen LogP contribution in [0.15, 0.2) is 36.7 Å². The van der Waals surface area contributed by atoms with E-state index in [0.717, 1.165) is 25.2 Å². The average molecular weight is 461 g/mol. The average Bonchev–Trinajstić information content (AvgIpc) is 3.37. The Morgan fingerprint density at radius 3 is 2.53 bits per heavy atom. The van der Waals surface area contributed by atoms with E-state index in [0.29, 0.717) is 18.7 Å². The minimum Gasteiger partial charge on any atom is -0.480 e. The molecule has 3 rings (SSSR count). The van der Waals surface area contributed by atoms with Crippen LogP contribution < -0.4 is 4.90 Å². The Balaban J connectivity index is 1.58. The molecule has 1 fully saturated rings. The number of nitrogens with zero attached hydrogens (tertiary/aromatic N) is 4. The number of carboxylic acids is 1. The molecule has 2 heterocycles. The Bertz CT molecular complexity index is 1140. The fraction of sp³-hybridized carbons (Fsp3) is 0.429. The van der Waals surface area contributed by atoms with Gasteiger partial charge in [-0.3, -0.25) is 9.69 Å². The Labute approximate surface area is 186 Å². The van der Waals surface area contributed by atoms with Gasteiger partial charge in [0.05, 0.1) is 25.5 Å². The second-order valence-corrected chi connectivity index (χ2v) is 10.2. The van der Waals surface area contributed by atoms with Crippen LogP contribution in [0.4, 0.5) is 10.5 Å². The molecule has 0 aliphatic carbocycles. The van der Waals surface area contributed by atoms with Gasteiger partial charge in [-0.05, 0) is 37.6 Å². The summed E-state index contributed by atoms with van der Waals surface area (Å²) in [5.41, 5.74) is 1.34. The van der Waals surface area contributed by atoms with Crippen molar-refractivity contribution < 1.29 is 27.9 Å². The van der Waals surface area contributed by atoms with Gasteiger partial charge in [0.2, 0.25) is 0 Å². The largest absolute Gasteiger partial charge is 0.480 e. The molecule has 2 unspecified atom stereocenters. The third kappa shape index (κ3) is 5.26. The molecule has 10 nitrogen and oxygen atoms in total. The summed E-state index contributed by atoms with van der Waals surface area (Å²) in [6, 6.07) is 6.98. The number of amides is 1. The number of hydrogen-bond acceptors (Lipinski definition) is 7. The summed E-state index contributed by atoms with van der Waals surface area (Å²) in [6.07, 6.45) is 3.79. The molecule has 0 spiro atoms. The van der Waals surface area contributed by atoms with Gasteiger partial charge in [0.25, 0.3) is 0 Å². The van der Waals surface area contributed by atoms with Crippen molar-refractivity contribution in [3.63, 3.8) is 0 Å². The van der Waals surface area contributed by atoms with Crippen molar-refractivity contribution in [2.45, 2.75) is 43.6 Å². The quantitative estimate of drug-likeness (QED) is 0.465. The molecule has 1 saturated heterocycles. The van der Waals surface area contributed by atoms with Crippen molar-refractivity contribution in [2.75, 3.05) is 17.7 Å². The predicted octanol–water partition coefficient (Wildman–Crippen LogP) is 1.71. The highest BCUT2D eigenvalue weighted by atomic mass is 32.2. The molecule has 1 aromatic heterocycles. The molecular formula is C21H24N4O6S. The molecule has 1 aromatic carbocycles. The maximum Gasteiger partial charge on any atom is 0.414 e. The smallest absolute Gasteiger partial charge is 0.414 e. The molecule has 1 aliphatic heterocycles. The van der Waals surface area contributed by atoms with E-state index >= 15 is 0 Å². The fourth-order valence-electron chi connectivity index (χ4n) is 3.23. The summed E-state index contributed by atoms with van der Waals surface area (Å²) >= 11 is 0. The van der Waals surface area contributed by atoms with Crippen LogP contribution in [0.25, 0.3) is 0 Å². The topological polar surface area (TPSA) is 132 Å². The molecule has 2 atom stereocenters. The van der Waals surface area contributed by atoms with Gasteiger partial charge in [-0.2, -0.15) is 15.0 Å². The third-order valence-electron chi connectivity index (χ3n) is 5.30. The molecule has 170 valence electrons. The summed E-state index contributed by atoms with van der Waals surface area (Å²) in [5, 5.41) is 17.5. The van der Waals surface area contributed by atoms with Gasteiger partial charge >= 0.3 is 12.1 Å². The predicted molar refractivity (Wildman–Crippen MR) is 116 cm³/mol. The third-order valence-corrected chi connectivity index (χ3v) is 7.28. The van der Waals surface area contributed by atoms with Crippen LogP contribution in [0.2, 0.25) is 0 Å². The minimum absolute atomic E-state index is 0.0592. The van der Waals surface area contributed by atoms with Crippen LogP contribution in [-0.4, -0.2) is 64.2 Å². The van der Waals surface area contributed by atoms with Gasteiger partial charge < -0.3 is 9.84 Å². The standard InChI is InChI=1S/C21H24N4O6S/c1-21(19(26)27,32(2,29)30)14-18-15-24(20(28)31-18)17-9-7-16(8-10-17)6-4-3-5-13-25-22-11-12-23-25/h7-12,18H,3,5,13-15H2,1-2H3,(H,26,27). The number of carbonyl (C=O) groups is 2. The molecule has 2 aromatic rings. The van der Waals surface area contributed by atoms with Crippen LogP contribution in [0.3, 0.4) is 0 Å². The summed E-state index contributed by atoms with van der Waals surface area (Å²) < 4.78 is 27.2. The first kappa shape index (κ1) is 23.3. The van der Waals surface area contributed by atoms with Gasteiger partial charge in [0.15, 0.2) is 14.6 Å². The normalized spacial score (nSPS) is 17.9. The van der Waals surface area contributed by atoms with Crippen molar-refractivity contribution in [1.29, 1.82) is 0 Å². The van der Waals surface area contributed by atoms with Crippen LogP contribution in [0.5, 0.6) is 0 Å². The number of aromatic nitrogens is 3. The number of sulfone groups is 1. The Morgan fingerprint density at radius 1 is 1.28 bits per heavy atom. The number of ether oxygens (including phenoxy) is 1. The SMILES string of the molecule is CC(CC1CN(c2ccc(C#CCCCn3nccn3)cc2)C(=O)O1)(C(=O)O)S(C)(=O)=O. The molecular weight excluding hydrogens is 436 g/mol. The summed E-state index contributed by atoms with van der Waals surface area (Å²) in [6.45, 7) is 1.88. The van der Waals surface area contributed by atoms with Crippen LogP contribution in [0.1, 0.15) is 31.7 Å². The highest BCUT2D eigenvalue weighted by Gasteiger charge is 2.48. The van der Waals surface area contributed by atoms with Crippen molar-refractivity contribution in [1.82, 2.24) is 15.0 Å². The number of carbonyl (C=O) groups excluding carboxylic acids is 1. The molecule has 0 saturated carbocycles. The van der Waals surface area contributed by atoms with Crippen molar-refractivity contribution in [2.24, 2.45) is 0 Å². The lowest BCUT2D eigenvalue weighted by molar-refractivity contribution is -0.140. The number of rotatable bonds is 8. The molecule has 1 aliphatic rings. The van der Waals surface area contributed by atoms with E-state index in [-0.39, 0.29) is 13.0 Å². The van der Waals surface area contributed by atoms with Crippen molar-refractivity contribution >= 4 is 27.6 Å². The second kappa shape index (κ2) is 9.40. The molecule has 0 bridgehead atoms. The van der Waals surface area contributed by atoms with E-state index < -0.39 is 32.8 Å². The van der Waals surface area contributed by atoms with Crippen molar-refractivity contribution in [3.8, 4) is 11.8 Å². The monoisotopic (exact) mass is 460 g/mol. The zero-order chi connectivity index (χ0) is 23.4. The first-order valence-electron chi connectivity index (χ1n) is 9.94. The lowest BCUT2D eigenvalue weighted by Gasteiger charge is -2.24. The van der Waals surface area contributed by atoms with Crippen LogP contribution in [0, 0.1) is 11.8 Å². The number of carboxylic acid groups (broad SMARTS) is 1. The van der Waals surface area contributed by atoms with Gasteiger partial charge in [0, 0.05) is 30.3 Å². The zero-order valence-corrected chi connectivity index (χ0v) is 18.6. The fourth-order valence-corrected chi connectivity index (χ4v) is 4.03. The van der Waals surface area contributed by atoms with Gasteiger partial charge in [-0.25, -0.2) is 13.2 Å². The maximum absolute atomic E-state index is 12.3. The summed E-state index contributed by atoms with van der Waals surface area (Å²) in [5.74, 6) is 4.66. The summed E-state index contributed by atoms with van der Waals surface area (Å²) in [7, 11) is -3.92. The van der Waals surface area contributed by atoms with E-state index in [2.05, 4.69) is 22.0 Å². The van der Waals surface area contributed by atoms with Crippen LogP contribution in [-0.2, 0) is 25.9 Å². The number of aryl methyl sites for hydroxylation is 1. The molecule has 1 N–H and O–H groups in total. The second-order valence-electron chi connectivity index (χ2n) is 7.71. The maximum atomic E-state index is 12.3. The van der Waals surface area contributed by atoms with E-state index in [1.165, 1.54) is 4.90 Å².